The number of aryl methyl sites for hydroxylation is 2. The minimum atomic E-state index is -0.634. The highest BCUT2D eigenvalue weighted by molar-refractivity contribution is 6.06. The number of pyridine rings is 1. The van der Waals surface area contributed by atoms with Gasteiger partial charge in [0, 0.05) is 23.0 Å². The SMILES string of the molecule is COc1ccc(OC)c(C2C(C(=O)Nc3cccnc3)=C(C)Nc3nc(-c4ccc(C)c(C)c4)nn32)c1. The van der Waals surface area contributed by atoms with Gasteiger partial charge in [-0.15, -0.1) is 5.10 Å². The number of aromatic nitrogens is 4. The fraction of sp³-hybridized carbons (Fsp3) is 0.214. The van der Waals surface area contributed by atoms with Crippen molar-refractivity contribution in [3.05, 3.63) is 88.9 Å². The van der Waals surface area contributed by atoms with Crippen molar-refractivity contribution in [3.8, 4) is 22.9 Å². The molecule has 0 spiro atoms. The van der Waals surface area contributed by atoms with Crippen LogP contribution in [-0.2, 0) is 4.79 Å². The van der Waals surface area contributed by atoms with Crippen LogP contribution >= 0.6 is 0 Å². The summed E-state index contributed by atoms with van der Waals surface area (Å²) >= 11 is 0. The molecule has 0 saturated heterocycles. The Hall–Kier alpha value is -4.66. The van der Waals surface area contributed by atoms with Gasteiger partial charge in [0.05, 0.1) is 31.7 Å². The minimum absolute atomic E-state index is 0.290. The fourth-order valence-electron chi connectivity index (χ4n) is 4.42. The van der Waals surface area contributed by atoms with Gasteiger partial charge in [0.2, 0.25) is 5.95 Å². The lowest BCUT2D eigenvalue weighted by molar-refractivity contribution is -0.113. The van der Waals surface area contributed by atoms with E-state index >= 15 is 0 Å². The predicted molar refractivity (Wildman–Crippen MR) is 142 cm³/mol. The number of amides is 1. The van der Waals surface area contributed by atoms with Gasteiger partial charge in [0.15, 0.2) is 5.82 Å². The fourth-order valence-corrected chi connectivity index (χ4v) is 4.42. The van der Waals surface area contributed by atoms with E-state index in [1.807, 2.05) is 31.2 Å². The van der Waals surface area contributed by atoms with E-state index in [2.05, 4.69) is 41.6 Å². The molecule has 2 N–H and O–H groups in total. The topological polar surface area (TPSA) is 103 Å². The van der Waals surface area contributed by atoms with Gasteiger partial charge in [-0.25, -0.2) is 4.68 Å². The molecular formula is C28H28N6O3. The highest BCUT2D eigenvalue weighted by Crippen LogP contribution is 2.41. The Bertz CT molecular complexity index is 1510. The summed E-state index contributed by atoms with van der Waals surface area (Å²) in [7, 11) is 3.20. The van der Waals surface area contributed by atoms with Gasteiger partial charge in [0.25, 0.3) is 5.91 Å². The Kier molecular flexibility index (Phi) is 6.35. The molecule has 2 aromatic carbocycles. The molecule has 1 amide bonds. The smallest absolute Gasteiger partial charge is 0.255 e. The minimum Gasteiger partial charge on any atom is -0.497 e. The summed E-state index contributed by atoms with van der Waals surface area (Å²) < 4.78 is 13.0. The summed E-state index contributed by atoms with van der Waals surface area (Å²) in [5, 5.41) is 11.1. The zero-order valence-corrected chi connectivity index (χ0v) is 21.4. The van der Waals surface area contributed by atoms with Crippen LogP contribution in [0.15, 0.2) is 72.2 Å². The van der Waals surface area contributed by atoms with Crippen LogP contribution in [-0.4, -0.2) is 39.9 Å². The van der Waals surface area contributed by atoms with Crippen LogP contribution in [0.3, 0.4) is 0 Å². The molecule has 9 nitrogen and oxygen atoms in total. The molecule has 0 radical (unpaired) electrons. The second-order valence-electron chi connectivity index (χ2n) is 8.87. The number of rotatable bonds is 6. The van der Waals surface area contributed by atoms with E-state index < -0.39 is 6.04 Å². The molecule has 2 aromatic heterocycles. The number of hydrogen-bond acceptors (Lipinski definition) is 7. The van der Waals surface area contributed by atoms with Gasteiger partial charge in [-0.1, -0.05) is 12.1 Å². The lowest BCUT2D eigenvalue weighted by Gasteiger charge is -2.29. The van der Waals surface area contributed by atoms with Crippen LogP contribution < -0.4 is 20.1 Å². The van der Waals surface area contributed by atoms with Crippen LogP contribution in [0.2, 0.25) is 0 Å². The van der Waals surface area contributed by atoms with Crippen molar-refractivity contribution < 1.29 is 14.3 Å². The van der Waals surface area contributed by atoms with E-state index in [1.54, 1.807) is 43.4 Å². The number of carbonyl (C=O) groups is 1. The van der Waals surface area contributed by atoms with E-state index in [9.17, 15) is 4.79 Å². The first-order chi connectivity index (χ1) is 17.9. The number of carbonyl (C=O) groups excluding carboxylic acids is 1. The molecule has 1 aliphatic heterocycles. The highest BCUT2D eigenvalue weighted by Gasteiger charge is 2.36. The molecule has 0 bridgehead atoms. The predicted octanol–water partition coefficient (Wildman–Crippen LogP) is 4.90. The first-order valence-corrected chi connectivity index (χ1v) is 11.8. The van der Waals surface area contributed by atoms with Crippen molar-refractivity contribution in [2.45, 2.75) is 26.8 Å². The Morgan fingerprint density at radius 2 is 1.86 bits per heavy atom. The quantitative estimate of drug-likeness (QED) is 0.391. The Balaban J connectivity index is 1.67. The largest absolute Gasteiger partial charge is 0.497 e. The van der Waals surface area contributed by atoms with E-state index in [1.165, 1.54) is 5.56 Å². The summed E-state index contributed by atoms with van der Waals surface area (Å²) in [4.78, 5) is 22.6. The average molecular weight is 497 g/mol. The molecule has 0 aliphatic carbocycles. The van der Waals surface area contributed by atoms with Gasteiger partial charge in [-0.3, -0.25) is 9.78 Å². The average Bonchev–Trinajstić information content (AvgIpc) is 3.33. The molecule has 188 valence electrons. The van der Waals surface area contributed by atoms with Crippen molar-refractivity contribution in [2.75, 3.05) is 24.9 Å². The second kappa shape index (κ2) is 9.77. The maximum absolute atomic E-state index is 13.7. The molecule has 37 heavy (non-hydrogen) atoms. The third-order valence-corrected chi connectivity index (χ3v) is 6.51. The molecule has 1 aliphatic rings. The van der Waals surface area contributed by atoms with Gasteiger partial charge >= 0.3 is 0 Å². The van der Waals surface area contributed by atoms with E-state index in [0.717, 1.165) is 16.7 Å². The maximum Gasteiger partial charge on any atom is 0.255 e. The van der Waals surface area contributed by atoms with Crippen molar-refractivity contribution in [1.29, 1.82) is 0 Å². The van der Waals surface area contributed by atoms with Crippen molar-refractivity contribution >= 4 is 17.5 Å². The number of hydrogen-bond donors (Lipinski definition) is 2. The van der Waals surface area contributed by atoms with Crippen molar-refractivity contribution in [2.24, 2.45) is 0 Å². The molecule has 1 unspecified atom stereocenters. The van der Waals surface area contributed by atoms with Gasteiger partial charge in [-0.2, -0.15) is 4.98 Å². The normalized spacial score (nSPS) is 14.6. The molecule has 0 fully saturated rings. The molecule has 9 heteroatoms. The zero-order chi connectivity index (χ0) is 26.1. The number of benzene rings is 2. The highest BCUT2D eigenvalue weighted by atomic mass is 16.5. The Morgan fingerprint density at radius 3 is 2.57 bits per heavy atom. The van der Waals surface area contributed by atoms with Crippen molar-refractivity contribution in [1.82, 2.24) is 19.7 Å². The van der Waals surface area contributed by atoms with Crippen molar-refractivity contribution in [3.63, 3.8) is 0 Å². The van der Waals surface area contributed by atoms with Crippen LogP contribution in [0, 0.1) is 13.8 Å². The number of allylic oxidation sites excluding steroid dienone is 1. The number of methoxy groups -OCH3 is 2. The second-order valence-corrected chi connectivity index (χ2v) is 8.87. The molecule has 3 heterocycles. The molecule has 1 atom stereocenters. The monoisotopic (exact) mass is 496 g/mol. The number of nitrogens with one attached hydrogen (secondary N) is 2. The van der Waals surface area contributed by atoms with Gasteiger partial charge in [-0.05, 0) is 68.3 Å². The molecule has 5 rings (SSSR count). The van der Waals surface area contributed by atoms with E-state index in [-0.39, 0.29) is 5.91 Å². The number of fused-ring (bicyclic) bond motifs is 1. The van der Waals surface area contributed by atoms with E-state index in [4.69, 9.17) is 19.6 Å². The van der Waals surface area contributed by atoms with E-state index in [0.29, 0.717) is 40.2 Å². The summed E-state index contributed by atoms with van der Waals surface area (Å²) in [6.07, 6.45) is 3.26. The summed E-state index contributed by atoms with van der Waals surface area (Å²) in [6.45, 7) is 5.98. The third-order valence-electron chi connectivity index (χ3n) is 6.51. The van der Waals surface area contributed by atoms with Crippen LogP contribution in [0.25, 0.3) is 11.4 Å². The first kappa shape index (κ1) is 24.1. The standard InChI is InChI=1S/C28H28N6O3/c1-16-8-9-19(13-17(16)2)26-32-28-30-18(3)24(27(35)31-20-7-6-12-29-15-20)25(34(28)33-26)22-14-21(36-4)10-11-23(22)37-5/h6-15,25H,1-5H3,(H,31,35)(H,30,32,33). The maximum atomic E-state index is 13.7. The number of ether oxygens (including phenoxy) is 2. The molecule has 4 aromatic rings. The van der Waals surface area contributed by atoms with Gasteiger partial charge < -0.3 is 20.1 Å². The van der Waals surface area contributed by atoms with Crippen LogP contribution in [0.5, 0.6) is 11.5 Å². The summed E-state index contributed by atoms with van der Waals surface area (Å²) in [5.74, 6) is 2.02. The number of nitrogens with zero attached hydrogens (tertiary/aromatic N) is 4. The third kappa shape index (κ3) is 4.51. The Labute approximate surface area is 215 Å². The molecular weight excluding hydrogens is 468 g/mol. The summed E-state index contributed by atoms with van der Waals surface area (Å²) in [6, 6.07) is 14.5. The lowest BCUT2D eigenvalue weighted by atomic mass is 9.94. The number of anilines is 2. The first-order valence-electron chi connectivity index (χ1n) is 11.8. The summed E-state index contributed by atoms with van der Waals surface area (Å²) in [5.41, 5.74) is 5.66. The lowest BCUT2D eigenvalue weighted by Crippen LogP contribution is -2.31. The molecule has 0 saturated carbocycles. The zero-order valence-electron chi connectivity index (χ0n) is 21.4. The van der Waals surface area contributed by atoms with Crippen LogP contribution in [0.1, 0.15) is 29.7 Å². The van der Waals surface area contributed by atoms with Crippen LogP contribution in [0.4, 0.5) is 11.6 Å². The Morgan fingerprint density at radius 1 is 1.03 bits per heavy atom. The van der Waals surface area contributed by atoms with Gasteiger partial charge in [0.1, 0.15) is 17.5 Å².